The van der Waals surface area contributed by atoms with Crippen molar-refractivity contribution in [1.82, 2.24) is 5.16 Å². The SMILES string of the molecule is COc1c(Br)cc(-c2cc(N)no2)c(C(C)C)c1OC. The number of hydrogen-bond acceptors (Lipinski definition) is 5. The van der Waals surface area contributed by atoms with Crippen LogP contribution in [0.5, 0.6) is 11.5 Å². The van der Waals surface area contributed by atoms with Crippen LogP contribution in [0, 0.1) is 0 Å². The van der Waals surface area contributed by atoms with E-state index in [-0.39, 0.29) is 5.92 Å². The quantitative estimate of drug-likeness (QED) is 0.915. The normalized spacial score (nSPS) is 10.9. The number of hydrogen-bond donors (Lipinski definition) is 1. The fourth-order valence-corrected chi connectivity index (χ4v) is 2.78. The molecule has 0 saturated heterocycles. The van der Waals surface area contributed by atoms with Gasteiger partial charge in [-0.25, -0.2) is 0 Å². The van der Waals surface area contributed by atoms with E-state index in [1.54, 1.807) is 20.3 Å². The smallest absolute Gasteiger partial charge is 0.175 e. The number of nitrogen functional groups attached to an aromatic ring is 1. The molecular formula is C14H17BrN2O3. The van der Waals surface area contributed by atoms with Crippen LogP contribution in [-0.2, 0) is 0 Å². The lowest BCUT2D eigenvalue weighted by atomic mass is 9.94. The Morgan fingerprint density at radius 3 is 2.30 bits per heavy atom. The zero-order chi connectivity index (χ0) is 14.9. The average molecular weight is 341 g/mol. The molecule has 0 spiro atoms. The molecule has 5 nitrogen and oxygen atoms in total. The van der Waals surface area contributed by atoms with Crippen LogP contribution in [0.25, 0.3) is 11.3 Å². The van der Waals surface area contributed by atoms with Gasteiger partial charge in [0.25, 0.3) is 0 Å². The van der Waals surface area contributed by atoms with Gasteiger partial charge >= 0.3 is 0 Å². The van der Waals surface area contributed by atoms with Crippen LogP contribution in [0.1, 0.15) is 25.3 Å². The van der Waals surface area contributed by atoms with Crippen molar-refractivity contribution in [2.24, 2.45) is 0 Å². The number of halogens is 1. The van der Waals surface area contributed by atoms with Gasteiger partial charge in [0.05, 0.1) is 18.7 Å². The lowest BCUT2D eigenvalue weighted by Gasteiger charge is -2.19. The van der Waals surface area contributed by atoms with E-state index in [0.29, 0.717) is 23.1 Å². The Kier molecular flexibility index (Phi) is 4.23. The highest BCUT2D eigenvalue weighted by atomic mass is 79.9. The van der Waals surface area contributed by atoms with E-state index in [9.17, 15) is 0 Å². The molecule has 6 heteroatoms. The summed E-state index contributed by atoms with van der Waals surface area (Å²) in [7, 11) is 3.23. The largest absolute Gasteiger partial charge is 0.492 e. The average Bonchev–Trinajstić information content (AvgIpc) is 2.83. The first-order valence-corrected chi connectivity index (χ1v) is 6.95. The molecule has 0 atom stereocenters. The Balaban J connectivity index is 2.77. The van der Waals surface area contributed by atoms with Crippen molar-refractivity contribution in [2.75, 3.05) is 20.0 Å². The van der Waals surface area contributed by atoms with Gasteiger partial charge in [-0.15, -0.1) is 0 Å². The number of methoxy groups -OCH3 is 2. The molecular weight excluding hydrogens is 324 g/mol. The second-order valence-electron chi connectivity index (χ2n) is 4.66. The van der Waals surface area contributed by atoms with Crippen LogP contribution < -0.4 is 15.2 Å². The second kappa shape index (κ2) is 5.75. The summed E-state index contributed by atoms with van der Waals surface area (Å²) >= 11 is 3.49. The Morgan fingerprint density at radius 2 is 1.85 bits per heavy atom. The van der Waals surface area contributed by atoms with Crippen molar-refractivity contribution in [3.05, 3.63) is 22.2 Å². The first kappa shape index (κ1) is 14.7. The van der Waals surface area contributed by atoms with Crippen LogP contribution in [0.15, 0.2) is 21.1 Å². The number of anilines is 1. The highest BCUT2D eigenvalue weighted by Crippen LogP contribution is 2.46. The minimum atomic E-state index is 0.216. The molecule has 2 aromatic rings. The van der Waals surface area contributed by atoms with Gasteiger partial charge in [0.1, 0.15) is 0 Å². The molecule has 1 aromatic carbocycles. The molecule has 1 aromatic heterocycles. The highest BCUT2D eigenvalue weighted by molar-refractivity contribution is 9.10. The number of nitrogens with zero attached hydrogens (tertiary/aromatic N) is 1. The van der Waals surface area contributed by atoms with E-state index >= 15 is 0 Å². The number of nitrogens with two attached hydrogens (primary N) is 1. The number of aromatic nitrogens is 1. The third-order valence-electron chi connectivity index (χ3n) is 3.01. The van der Waals surface area contributed by atoms with Crippen molar-refractivity contribution in [3.63, 3.8) is 0 Å². The van der Waals surface area contributed by atoms with E-state index < -0.39 is 0 Å². The van der Waals surface area contributed by atoms with Gasteiger partial charge < -0.3 is 19.7 Å². The summed E-state index contributed by atoms with van der Waals surface area (Å²) in [6.07, 6.45) is 0. The predicted octanol–water partition coefficient (Wildman–Crippen LogP) is 3.83. The molecule has 0 radical (unpaired) electrons. The van der Waals surface area contributed by atoms with Crippen LogP contribution in [0.2, 0.25) is 0 Å². The fourth-order valence-electron chi connectivity index (χ4n) is 2.21. The lowest BCUT2D eigenvalue weighted by molar-refractivity contribution is 0.348. The molecule has 0 aliphatic heterocycles. The minimum Gasteiger partial charge on any atom is -0.492 e. The van der Waals surface area contributed by atoms with E-state index in [0.717, 1.165) is 15.6 Å². The monoisotopic (exact) mass is 340 g/mol. The molecule has 20 heavy (non-hydrogen) atoms. The summed E-state index contributed by atoms with van der Waals surface area (Å²) in [4.78, 5) is 0. The number of rotatable bonds is 4. The van der Waals surface area contributed by atoms with Gasteiger partial charge in [-0.05, 0) is 27.9 Å². The molecule has 2 rings (SSSR count). The van der Waals surface area contributed by atoms with Crippen LogP contribution in [0.4, 0.5) is 5.82 Å². The summed E-state index contributed by atoms with van der Waals surface area (Å²) in [6.45, 7) is 4.16. The van der Waals surface area contributed by atoms with Gasteiger partial charge in [-0.2, -0.15) is 0 Å². The Labute approximate surface area is 126 Å². The molecule has 2 N–H and O–H groups in total. The van der Waals surface area contributed by atoms with Crippen molar-refractivity contribution >= 4 is 21.7 Å². The minimum absolute atomic E-state index is 0.216. The molecule has 0 saturated carbocycles. The summed E-state index contributed by atoms with van der Waals surface area (Å²) in [5.41, 5.74) is 7.51. The second-order valence-corrected chi connectivity index (χ2v) is 5.51. The van der Waals surface area contributed by atoms with Crippen LogP contribution in [0.3, 0.4) is 0 Å². The number of ether oxygens (including phenoxy) is 2. The summed E-state index contributed by atoms with van der Waals surface area (Å²) in [5, 5.41) is 3.74. The molecule has 1 heterocycles. The maximum Gasteiger partial charge on any atom is 0.175 e. The highest BCUT2D eigenvalue weighted by Gasteiger charge is 2.23. The Morgan fingerprint density at radius 1 is 1.20 bits per heavy atom. The van der Waals surface area contributed by atoms with E-state index in [4.69, 9.17) is 19.7 Å². The maximum atomic E-state index is 5.63. The van der Waals surface area contributed by atoms with Gasteiger partial charge in [-0.1, -0.05) is 19.0 Å². The molecule has 108 valence electrons. The Hall–Kier alpha value is -1.69. The fraction of sp³-hybridized carbons (Fsp3) is 0.357. The first-order chi connectivity index (χ1) is 9.49. The van der Waals surface area contributed by atoms with Crippen molar-refractivity contribution < 1.29 is 14.0 Å². The van der Waals surface area contributed by atoms with Crippen LogP contribution in [-0.4, -0.2) is 19.4 Å². The summed E-state index contributed by atoms with van der Waals surface area (Å²) in [5.74, 6) is 2.51. The van der Waals surface area contributed by atoms with Crippen LogP contribution >= 0.6 is 15.9 Å². The van der Waals surface area contributed by atoms with Crippen molar-refractivity contribution in [1.29, 1.82) is 0 Å². The van der Waals surface area contributed by atoms with Crippen molar-refractivity contribution in [2.45, 2.75) is 19.8 Å². The zero-order valence-electron chi connectivity index (χ0n) is 11.9. The predicted molar refractivity (Wildman–Crippen MR) is 81.2 cm³/mol. The van der Waals surface area contributed by atoms with Gasteiger partial charge in [-0.3, -0.25) is 0 Å². The third-order valence-corrected chi connectivity index (χ3v) is 3.60. The van der Waals surface area contributed by atoms with E-state index in [1.807, 2.05) is 6.07 Å². The zero-order valence-corrected chi connectivity index (χ0v) is 13.4. The van der Waals surface area contributed by atoms with Gasteiger partial charge in [0, 0.05) is 17.2 Å². The standard InChI is InChI=1S/C14H17BrN2O3/c1-7(2)12-8(10-6-11(16)17-20-10)5-9(15)13(18-3)14(12)19-4/h5-7H,1-4H3,(H2,16,17). The molecule has 0 bridgehead atoms. The van der Waals surface area contributed by atoms with E-state index in [2.05, 4.69) is 34.9 Å². The molecule has 0 aliphatic carbocycles. The number of benzene rings is 1. The third kappa shape index (κ3) is 2.47. The summed E-state index contributed by atoms with van der Waals surface area (Å²) < 4.78 is 17.0. The van der Waals surface area contributed by atoms with Gasteiger partial charge in [0.2, 0.25) is 0 Å². The molecule has 0 fully saturated rings. The Bertz CT molecular complexity index is 623. The van der Waals surface area contributed by atoms with Crippen molar-refractivity contribution in [3.8, 4) is 22.8 Å². The molecule has 0 aliphatic rings. The molecule has 0 amide bonds. The lowest BCUT2D eigenvalue weighted by Crippen LogP contribution is -2.01. The maximum absolute atomic E-state index is 5.63. The molecule has 0 unspecified atom stereocenters. The van der Waals surface area contributed by atoms with Gasteiger partial charge in [0.15, 0.2) is 23.1 Å². The van der Waals surface area contributed by atoms with E-state index in [1.165, 1.54) is 0 Å². The summed E-state index contributed by atoms with van der Waals surface area (Å²) in [6, 6.07) is 3.62. The topological polar surface area (TPSA) is 70.5 Å². The first-order valence-electron chi connectivity index (χ1n) is 6.16.